The predicted octanol–water partition coefficient (Wildman–Crippen LogP) is 2.52. The molecule has 0 amide bonds. The van der Waals surface area contributed by atoms with Crippen molar-refractivity contribution in [1.29, 1.82) is 0 Å². The van der Waals surface area contributed by atoms with Gasteiger partial charge in [0.25, 0.3) is 0 Å². The predicted molar refractivity (Wildman–Crippen MR) is 80.6 cm³/mol. The average Bonchev–Trinajstić information content (AvgIpc) is 2.39. The molecule has 1 saturated heterocycles. The molecule has 0 saturated carbocycles. The zero-order valence-electron chi connectivity index (χ0n) is 12.3. The number of nitrogens with zero attached hydrogens (tertiary/aromatic N) is 2. The first-order chi connectivity index (χ1) is 9.06. The second kappa shape index (κ2) is 6.40. The monoisotopic (exact) mass is 262 g/mol. The van der Waals surface area contributed by atoms with Crippen LogP contribution in [0.2, 0.25) is 0 Å². The van der Waals surface area contributed by atoms with E-state index in [1.54, 1.807) is 6.92 Å². The first-order valence-corrected chi connectivity index (χ1v) is 7.31. The standard InChI is InChI=1S/C16H26N2O/c1-13(2)12-17-8-10-18(11-9-17)16-6-4-15(5-7-16)14(3)19/h4-7,13-14,19H,8-12H2,1-3H3/t14-/m1/s1. The Balaban J connectivity index is 1.90. The van der Waals surface area contributed by atoms with Crippen LogP contribution in [-0.4, -0.2) is 42.7 Å². The van der Waals surface area contributed by atoms with Crippen LogP contribution in [0.1, 0.15) is 32.4 Å². The summed E-state index contributed by atoms with van der Waals surface area (Å²) in [4.78, 5) is 4.98. The molecule has 1 aromatic rings. The van der Waals surface area contributed by atoms with Gasteiger partial charge in [-0.25, -0.2) is 0 Å². The van der Waals surface area contributed by atoms with Gasteiger partial charge in [-0.3, -0.25) is 4.90 Å². The number of aliphatic hydroxyl groups excluding tert-OH is 1. The Morgan fingerprint density at radius 2 is 1.58 bits per heavy atom. The Morgan fingerprint density at radius 3 is 2.05 bits per heavy atom. The molecule has 1 aromatic carbocycles. The Bertz CT molecular complexity index is 378. The number of benzene rings is 1. The topological polar surface area (TPSA) is 26.7 Å². The van der Waals surface area contributed by atoms with E-state index in [0.29, 0.717) is 0 Å². The minimum absolute atomic E-state index is 0.378. The molecule has 0 bridgehead atoms. The molecule has 0 radical (unpaired) electrons. The van der Waals surface area contributed by atoms with Gasteiger partial charge in [-0.2, -0.15) is 0 Å². The van der Waals surface area contributed by atoms with Crippen LogP contribution in [0.4, 0.5) is 5.69 Å². The lowest BCUT2D eigenvalue weighted by molar-refractivity contribution is 0.199. The summed E-state index contributed by atoms with van der Waals surface area (Å²) in [5.74, 6) is 0.747. The van der Waals surface area contributed by atoms with Gasteiger partial charge in [-0.05, 0) is 30.5 Å². The van der Waals surface area contributed by atoms with Crippen molar-refractivity contribution >= 4 is 5.69 Å². The number of aliphatic hydroxyl groups is 1. The molecule has 1 N–H and O–H groups in total. The Morgan fingerprint density at radius 1 is 1.00 bits per heavy atom. The molecule has 3 nitrogen and oxygen atoms in total. The molecule has 1 heterocycles. The van der Waals surface area contributed by atoms with Gasteiger partial charge in [0.05, 0.1) is 6.10 Å². The van der Waals surface area contributed by atoms with Crippen LogP contribution in [0.15, 0.2) is 24.3 Å². The zero-order chi connectivity index (χ0) is 13.8. The summed E-state index contributed by atoms with van der Waals surface area (Å²) in [6.07, 6.45) is -0.378. The Kier molecular flexibility index (Phi) is 4.83. The number of piperazine rings is 1. The number of anilines is 1. The molecule has 1 atom stereocenters. The quantitative estimate of drug-likeness (QED) is 0.903. The second-order valence-corrected chi connectivity index (χ2v) is 5.95. The van der Waals surface area contributed by atoms with Crippen LogP contribution in [0.25, 0.3) is 0 Å². The molecule has 1 fully saturated rings. The van der Waals surface area contributed by atoms with E-state index in [2.05, 4.69) is 35.8 Å². The lowest BCUT2D eigenvalue weighted by Crippen LogP contribution is -2.47. The lowest BCUT2D eigenvalue weighted by atomic mass is 10.1. The number of rotatable bonds is 4. The highest BCUT2D eigenvalue weighted by Gasteiger charge is 2.17. The molecule has 1 aliphatic heterocycles. The summed E-state index contributed by atoms with van der Waals surface area (Å²) in [5.41, 5.74) is 2.26. The van der Waals surface area contributed by atoms with E-state index in [-0.39, 0.29) is 6.10 Å². The smallest absolute Gasteiger partial charge is 0.0761 e. The van der Waals surface area contributed by atoms with E-state index < -0.39 is 0 Å². The van der Waals surface area contributed by atoms with Crippen molar-refractivity contribution in [2.24, 2.45) is 5.92 Å². The fraction of sp³-hybridized carbons (Fsp3) is 0.625. The van der Waals surface area contributed by atoms with E-state index in [0.717, 1.165) is 37.7 Å². The van der Waals surface area contributed by atoms with E-state index >= 15 is 0 Å². The van der Waals surface area contributed by atoms with Crippen LogP contribution in [0.5, 0.6) is 0 Å². The summed E-state index contributed by atoms with van der Waals surface area (Å²) >= 11 is 0. The van der Waals surface area contributed by atoms with E-state index in [9.17, 15) is 5.11 Å². The average molecular weight is 262 g/mol. The third-order valence-corrected chi connectivity index (χ3v) is 3.74. The van der Waals surface area contributed by atoms with Gasteiger partial charge in [-0.1, -0.05) is 26.0 Å². The van der Waals surface area contributed by atoms with Crippen LogP contribution >= 0.6 is 0 Å². The molecule has 0 aromatic heterocycles. The largest absolute Gasteiger partial charge is 0.389 e. The van der Waals surface area contributed by atoms with Gasteiger partial charge in [0.15, 0.2) is 0 Å². The lowest BCUT2D eigenvalue weighted by Gasteiger charge is -2.36. The summed E-state index contributed by atoms with van der Waals surface area (Å²) < 4.78 is 0. The van der Waals surface area contributed by atoms with E-state index in [1.807, 2.05) is 12.1 Å². The minimum atomic E-state index is -0.378. The van der Waals surface area contributed by atoms with Crippen molar-refractivity contribution in [2.75, 3.05) is 37.6 Å². The molecule has 0 spiro atoms. The number of hydrogen-bond acceptors (Lipinski definition) is 3. The SMILES string of the molecule is CC(C)CN1CCN(c2ccc([C@@H](C)O)cc2)CC1. The van der Waals surface area contributed by atoms with Gasteiger partial charge in [0.1, 0.15) is 0 Å². The summed E-state index contributed by atoms with van der Waals surface area (Å²) in [6.45, 7) is 12.1. The van der Waals surface area contributed by atoms with E-state index in [1.165, 1.54) is 12.2 Å². The number of hydrogen-bond donors (Lipinski definition) is 1. The molecular weight excluding hydrogens is 236 g/mol. The molecular formula is C16H26N2O. The molecule has 0 unspecified atom stereocenters. The van der Waals surface area contributed by atoms with Gasteiger partial charge in [-0.15, -0.1) is 0 Å². The summed E-state index contributed by atoms with van der Waals surface area (Å²) in [6, 6.07) is 8.31. The highest BCUT2D eigenvalue weighted by atomic mass is 16.3. The fourth-order valence-electron chi connectivity index (χ4n) is 2.67. The molecule has 1 aliphatic rings. The van der Waals surface area contributed by atoms with Gasteiger partial charge in [0, 0.05) is 38.4 Å². The van der Waals surface area contributed by atoms with Gasteiger partial charge in [0.2, 0.25) is 0 Å². The fourth-order valence-corrected chi connectivity index (χ4v) is 2.67. The second-order valence-electron chi connectivity index (χ2n) is 5.95. The van der Waals surface area contributed by atoms with Crippen molar-refractivity contribution in [2.45, 2.75) is 26.9 Å². The Hall–Kier alpha value is -1.06. The first kappa shape index (κ1) is 14.4. The zero-order valence-corrected chi connectivity index (χ0v) is 12.3. The van der Waals surface area contributed by atoms with Crippen molar-refractivity contribution in [3.63, 3.8) is 0 Å². The minimum Gasteiger partial charge on any atom is -0.389 e. The maximum atomic E-state index is 9.52. The highest BCUT2D eigenvalue weighted by molar-refractivity contribution is 5.48. The van der Waals surface area contributed by atoms with Crippen molar-refractivity contribution in [3.8, 4) is 0 Å². The first-order valence-electron chi connectivity index (χ1n) is 7.31. The molecule has 3 heteroatoms. The van der Waals surface area contributed by atoms with Crippen LogP contribution < -0.4 is 4.90 Å². The summed E-state index contributed by atoms with van der Waals surface area (Å²) in [7, 11) is 0. The van der Waals surface area contributed by atoms with Crippen molar-refractivity contribution < 1.29 is 5.11 Å². The van der Waals surface area contributed by atoms with Gasteiger partial charge >= 0.3 is 0 Å². The maximum absolute atomic E-state index is 9.52. The van der Waals surface area contributed by atoms with Crippen LogP contribution in [0, 0.1) is 5.92 Å². The van der Waals surface area contributed by atoms with Crippen molar-refractivity contribution in [1.82, 2.24) is 4.90 Å². The Labute approximate surface area is 116 Å². The normalized spacial score (nSPS) is 18.9. The molecule has 0 aliphatic carbocycles. The molecule has 2 rings (SSSR count). The van der Waals surface area contributed by atoms with Crippen LogP contribution in [-0.2, 0) is 0 Å². The van der Waals surface area contributed by atoms with Crippen molar-refractivity contribution in [3.05, 3.63) is 29.8 Å². The van der Waals surface area contributed by atoms with Gasteiger partial charge < -0.3 is 10.0 Å². The van der Waals surface area contributed by atoms with E-state index in [4.69, 9.17) is 0 Å². The molecule has 19 heavy (non-hydrogen) atoms. The maximum Gasteiger partial charge on any atom is 0.0761 e. The third-order valence-electron chi connectivity index (χ3n) is 3.74. The summed E-state index contributed by atoms with van der Waals surface area (Å²) in [5, 5.41) is 9.52. The third kappa shape index (κ3) is 3.95. The van der Waals surface area contributed by atoms with Crippen LogP contribution in [0.3, 0.4) is 0 Å². The highest BCUT2D eigenvalue weighted by Crippen LogP contribution is 2.20. The molecule has 106 valence electrons.